The predicted octanol–water partition coefficient (Wildman–Crippen LogP) is 3.71. The number of nitrogens with two attached hydrogens (primary N) is 1. The van der Waals surface area contributed by atoms with E-state index in [4.69, 9.17) is 10.5 Å². The smallest absolute Gasteiger partial charge is 0.0710 e. The number of nitrogens with zero attached hydrogens (tertiary/aromatic N) is 1. The maximum absolute atomic E-state index is 6.57. The van der Waals surface area contributed by atoms with Gasteiger partial charge in [-0.1, -0.05) is 33.1 Å². The van der Waals surface area contributed by atoms with Crippen LogP contribution in [-0.2, 0) is 4.74 Å². The Morgan fingerprint density at radius 1 is 1.19 bits per heavy atom. The first-order valence-electron chi connectivity index (χ1n) is 9.20. The summed E-state index contributed by atoms with van der Waals surface area (Å²) in [5, 5.41) is 0. The highest BCUT2D eigenvalue weighted by Gasteiger charge is 2.42. The number of rotatable bonds is 7. The Bertz CT molecular complexity index is 308. The molecule has 2 N–H and O–H groups in total. The third-order valence-electron chi connectivity index (χ3n) is 5.99. The highest BCUT2D eigenvalue weighted by Crippen LogP contribution is 2.42. The van der Waals surface area contributed by atoms with Gasteiger partial charge in [0.05, 0.1) is 11.7 Å². The Hall–Kier alpha value is -0.120. The second-order valence-corrected chi connectivity index (χ2v) is 7.52. The van der Waals surface area contributed by atoms with Gasteiger partial charge in [0, 0.05) is 18.6 Å². The van der Waals surface area contributed by atoms with Crippen LogP contribution >= 0.6 is 0 Å². The van der Waals surface area contributed by atoms with Crippen LogP contribution in [0.5, 0.6) is 0 Å². The first-order valence-corrected chi connectivity index (χ1v) is 9.20. The van der Waals surface area contributed by atoms with Crippen molar-refractivity contribution in [2.24, 2.45) is 5.73 Å². The first-order chi connectivity index (χ1) is 10.1. The van der Waals surface area contributed by atoms with Crippen molar-refractivity contribution < 1.29 is 4.74 Å². The standard InChI is InChI=1S/C18H36N2O/c1-4-13-20(17(3,5-2)15-19)14-16-9-12-18(21-16)10-7-6-8-11-18/h16H,4-15,19H2,1-3H3. The third-order valence-corrected chi connectivity index (χ3v) is 5.99. The van der Waals surface area contributed by atoms with Gasteiger partial charge in [0.15, 0.2) is 0 Å². The van der Waals surface area contributed by atoms with E-state index in [0.717, 1.165) is 26.1 Å². The van der Waals surface area contributed by atoms with Crippen molar-refractivity contribution in [2.75, 3.05) is 19.6 Å². The second-order valence-electron chi connectivity index (χ2n) is 7.52. The van der Waals surface area contributed by atoms with Crippen molar-refractivity contribution in [1.29, 1.82) is 0 Å². The zero-order valence-corrected chi connectivity index (χ0v) is 14.5. The van der Waals surface area contributed by atoms with Gasteiger partial charge < -0.3 is 10.5 Å². The van der Waals surface area contributed by atoms with Gasteiger partial charge in [-0.15, -0.1) is 0 Å². The molecular formula is C18H36N2O. The molecule has 2 fully saturated rings. The van der Waals surface area contributed by atoms with Gasteiger partial charge in [0.1, 0.15) is 0 Å². The molecule has 3 nitrogen and oxygen atoms in total. The molecule has 0 aromatic carbocycles. The molecule has 21 heavy (non-hydrogen) atoms. The van der Waals surface area contributed by atoms with Gasteiger partial charge in [-0.25, -0.2) is 0 Å². The zero-order valence-electron chi connectivity index (χ0n) is 14.5. The van der Waals surface area contributed by atoms with E-state index in [1.165, 1.54) is 51.4 Å². The van der Waals surface area contributed by atoms with Crippen LogP contribution in [0.15, 0.2) is 0 Å². The monoisotopic (exact) mass is 296 g/mol. The molecule has 2 atom stereocenters. The average Bonchev–Trinajstić information content (AvgIpc) is 2.89. The highest BCUT2D eigenvalue weighted by atomic mass is 16.5. The SMILES string of the molecule is CCCN(CC1CCC2(CCCCC2)O1)C(C)(CC)CN. The largest absolute Gasteiger partial charge is 0.370 e. The predicted molar refractivity (Wildman–Crippen MR) is 89.5 cm³/mol. The third kappa shape index (κ3) is 4.00. The van der Waals surface area contributed by atoms with Crippen LogP contribution in [0.2, 0.25) is 0 Å². The Labute approximate surface area is 131 Å². The van der Waals surface area contributed by atoms with Gasteiger partial charge in [0.2, 0.25) is 0 Å². The van der Waals surface area contributed by atoms with Gasteiger partial charge >= 0.3 is 0 Å². The van der Waals surface area contributed by atoms with Gasteiger partial charge in [-0.3, -0.25) is 4.90 Å². The average molecular weight is 296 g/mol. The molecule has 1 saturated heterocycles. The summed E-state index contributed by atoms with van der Waals surface area (Å²) >= 11 is 0. The summed E-state index contributed by atoms with van der Waals surface area (Å²) in [6, 6.07) is 0. The van der Waals surface area contributed by atoms with E-state index in [0.29, 0.717) is 6.10 Å². The summed E-state index contributed by atoms with van der Waals surface area (Å²) in [6.45, 7) is 9.77. The normalized spacial score (nSPS) is 28.1. The Kier molecular flexibility index (Phi) is 6.10. The van der Waals surface area contributed by atoms with Crippen molar-refractivity contribution in [3.05, 3.63) is 0 Å². The molecule has 0 aromatic rings. The van der Waals surface area contributed by atoms with E-state index >= 15 is 0 Å². The topological polar surface area (TPSA) is 38.5 Å². The summed E-state index contributed by atoms with van der Waals surface area (Å²) in [5.74, 6) is 0. The van der Waals surface area contributed by atoms with Crippen LogP contribution in [0.1, 0.15) is 78.6 Å². The van der Waals surface area contributed by atoms with Crippen LogP contribution in [-0.4, -0.2) is 41.8 Å². The van der Waals surface area contributed by atoms with Crippen molar-refractivity contribution in [1.82, 2.24) is 4.90 Å². The highest BCUT2D eigenvalue weighted by molar-refractivity contribution is 4.94. The lowest BCUT2D eigenvalue weighted by molar-refractivity contribution is -0.0801. The maximum Gasteiger partial charge on any atom is 0.0710 e. The van der Waals surface area contributed by atoms with Crippen LogP contribution in [0, 0.1) is 0 Å². The Morgan fingerprint density at radius 3 is 2.48 bits per heavy atom. The van der Waals surface area contributed by atoms with Crippen molar-refractivity contribution in [3.63, 3.8) is 0 Å². The molecule has 2 rings (SSSR count). The van der Waals surface area contributed by atoms with Gasteiger partial charge in [-0.05, 0) is 52.0 Å². The van der Waals surface area contributed by atoms with Crippen LogP contribution in [0.25, 0.3) is 0 Å². The Morgan fingerprint density at radius 2 is 1.90 bits per heavy atom. The molecule has 1 heterocycles. The molecule has 3 heteroatoms. The number of ether oxygens (including phenoxy) is 1. The molecule has 0 amide bonds. The lowest BCUT2D eigenvalue weighted by Crippen LogP contribution is -2.54. The van der Waals surface area contributed by atoms with Gasteiger partial charge in [0.25, 0.3) is 0 Å². The minimum atomic E-state index is 0.127. The second kappa shape index (κ2) is 7.43. The summed E-state index contributed by atoms with van der Waals surface area (Å²) in [6.07, 6.45) is 12.0. The fourth-order valence-corrected chi connectivity index (χ4v) is 4.18. The van der Waals surface area contributed by atoms with Crippen LogP contribution < -0.4 is 5.73 Å². The van der Waals surface area contributed by atoms with E-state index < -0.39 is 0 Å². The summed E-state index contributed by atoms with van der Waals surface area (Å²) in [4.78, 5) is 2.60. The zero-order chi connectivity index (χ0) is 15.3. The van der Waals surface area contributed by atoms with Gasteiger partial charge in [-0.2, -0.15) is 0 Å². The fraction of sp³-hybridized carbons (Fsp3) is 1.00. The molecule has 1 aliphatic carbocycles. The number of hydrogen-bond donors (Lipinski definition) is 1. The molecule has 0 aromatic heterocycles. The maximum atomic E-state index is 6.57. The summed E-state index contributed by atoms with van der Waals surface area (Å²) < 4.78 is 6.57. The van der Waals surface area contributed by atoms with E-state index in [1.807, 2.05) is 0 Å². The summed E-state index contributed by atoms with van der Waals surface area (Å²) in [7, 11) is 0. The quantitative estimate of drug-likeness (QED) is 0.778. The van der Waals surface area contributed by atoms with E-state index in [-0.39, 0.29) is 11.1 Å². The molecule has 1 saturated carbocycles. The van der Waals surface area contributed by atoms with Crippen molar-refractivity contribution >= 4 is 0 Å². The minimum Gasteiger partial charge on any atom is -0.370 e. The van der Waals surface area contributed by atoms with Crippen LogP contribution in [0.4, 0.5) is 0 Å². The fourth-order valence-electron chi connectivity index (χ4n) is 4.18. The van der Waals surface area contributed by atoms with Crippen LogP contribution in [0.3, 0.4) is 0 Å². The molecule has 124 valence electrons. The molecule has 2 aliphatic rings. The molecule has 1 spiro atoms. The molecule has 0 radical (unpaired) electrons. The lowest BCUT2D eigenvalue weighted by atomic mass is 9.83. The van der Waals surface area contributed by atoms with Crippen molar-refractivity contribution in [3.8, 4) is 0 Å². The van der Waals surface area contributed by atoms with E-state index in [1.54, 1.807) is 0 Å². The number of hydrogen-bond acceptors (Lipinski definition) is 3. The molecule has 0 bridgehead atoms. The molecule has 1 aliphatic heterocycles. The first kappa shape index (κ1) is 17.2. The summed E-state index contributed by atoms with van der Waals surface area (Å²) in [5.41, 5.74) is 6.45. The molecular weight excluding hydrogens is 260 g/mol. The Balaban J connectivity index is 1.95. The van der Waals surface area contributed by atoms with Crippen molar-refractivity contribution in [2.45, 2.75) is 95.8 Å². The van der Waals surface area contributed by atoms with E-state index in [9.17, 15) is 0 Å². The molecule has 2 unspecified atom stereocenters. The minimum absolute atomic E-state index is 0.127. The lowest BCUT2D eigenvalue weighted by Gasteiger charge is -2.42. The van der Waals surface area contributed by atoms with E-state index in [2.05, 4.69) is 25.7 Å².